The quantitative estimate of drug-likeness (QED) is 0.282. The molecule has 41 heavy (non-hydrogen) atoms. The van der Waals surface area contributed by atoms with Crippen molar-refractivity contribution >= 4 is 57.8 Å². The van der Waals surface area contributed by atoms with E-state index in [1.807, 2.05) is 48.5 Å². The summed E-state index contributed by atoms with van der Waals surface area (Å²) in [5.41, 5.74) is 13.1. The summed E-state index contributed by atoms with van der Waals surface area (Å²) in [7, 11) is 0. The summed E-state index contributed by atoms with van der Waals surface area (Å²) >= 11 is 2.56. The van der Waals surface area contributed by atoms with Crippen LogP contribution in [0.5, 0.6) is 5.75 Å². The molecule has 4 atom stereocenters. The van der Waals surface area contributed by atoms with E-state index >= 15 is 0 Å². The highest BCUT2D eigenvalue weighted by Crippen LogP contribution is 2.26. The first-order valence-corrected chi connectivity index (χ1v) is 15.6. The number of pyridine rings is 1. The van der Waals surface area contributed by atoms with Gasteiger partial charge in [-0.15, -0.1) is 11.8 Å². The van der Waals surface area contributed by atoms with Crippen molar-refractivity contribution in [2.45, 2.75) is 36.3 Å². The van der Waals surface area contributed by atoms with E-state index in [1.54, 1.807) is 24.7 Å². The summed E-state index contributed by atoms with van der Waals surface area (Å²) < 4.78 is 5.80. The van der Waals surface area contributed by atoms with Crippen molar-refractivity contribution in [3.8, 4) is 5.75 Å². The molecule has 3 aromatic rings. The molecule has 2 aromatic carbocycles. The highest BCUT2D eigenvalue weighted by Gasteiger charge is 2.41. The Morgan fingerprint density at radius 1 is 1.12 bits per heavy atom. The van der Waals surface area contributed by atoms with Gasteiger partial charge in [0.2, 0.25) is 5.91 Å². The van der Waals surface area contributed by atoms with E-state index in [-0.39, 0.29) is 36.7 Å². The average molecular weight is 596 g/mol. The Bertz CT molecular complexity index is 1390. The van der Waals surface area contributed by atoms with Crippen molar-refractivity contribution in [1.82, 2.24) is 15.2 Å². The number of hydrogen-bond donors (Lipinski definition) is 3. The van der Waals surface area contributed by atoms with E-state index < -0.39 is 41.2 Å². The molecule has 0 saturated carbocycles. The number of fused-ring (bicyclic) bond motifs is 1. The summed E-state index contributed by atoms with van der Waals surface area (Å²) in [5.74, 6) is -1.43. The normalized spacial score (nSPS) is 18.0. The van der Waals surface area contributed by atoms with Crippen molar-refractivity contribution in [2.75, 3.05) is 24.4 Å². The number of hydrogen-bond acceptors (Lipinski definition) is 11. The molecule has 1 saturated heterocycles. The second kappa shape index (κ2) is 14.6. The molecule has 0 bridgehead atoms. The number of carbonyl (C=O) groups excluding carboxylic acids is 4. The van der Waals surface area contributed by atoms with Gasteiger partial charge in [-0.05, 0) is 30.4 Å². The van der Waals surface area contributed by atoms with Crippen LogP contribution >= 0.6 is 23.5 Å². The number of nitrogens with one attached hydrogen (secondary N) is 1. The van der Waals surface area contributed by atoms with E-state index in [4.69, 9.17) is 16.2 Å². The number of rotatable bonds is 12. The lowest BCUT2D eigenvalue weighted by Crippen LogP contribution is -2.56. The summed E-state index contributed by atoms with van der Waals surface area (Å²) in [4.78, 5) is 57.6. The third-order valence-electron chi connectivity index (χ3n) is 6.63. The number of imide groups is 3. The zero-order valence-corrected chi connectivity index (χ0v) is 24.2. The molecular weight excluding hydrogens is 562 g/mol. The SMILES string of the molecule is CSCC(N)C(=O)N(C(=O)CCC(N)c1ccccc1)C(=O)C1CSC(C(=O)COc2cccc3cnccc23)N1. The third-order valence-corrected chi connectivity index (χ3v) is 8.58. The van der Waals surface area contributed by atoms with Gasteiger partial charge in [-0.25, -0.2) is 4.90 Å². The smallest absolute Gasteiger partial charge is 0.254 e. The topological polar surface area (TPSA) is 158 Å². The fraction of sp³-hybridized carbons (Fsp3) is 0.345. The number of ketones is 1. The minimum Gasteiger partial charge on any atom is -0.485 e. The molecule has 10 nitrogen and oxygen atoms in total. The fourth-order valence-corrected chi connectivity index (χ4v) is 6.07. The van der Waals surface area contributed by atoms with Crippen molar-refractivity contribution in [3.05, 3.63) is 72.6 Å². The van der Waals surface area contributed by atoms with Gasteiger partial charge < -0.3 is 16.2 Å². The molecular formula is C29H33N5O5S2. The Hall–Kier alpha value is -3.29. The number of nitrogens with two attached hydrogens (primary N) is 2. The summed E-state index contributed by atoms with van der Waals surface area (Å²) in [5, 5.41) is 3.95. The number of nitrogens with zero attached hydrogens (tertiary/aromatic N) is 2. The monoisotopic (exact) mass is 595 g/mol. The maximum Gasteiger partial charge on any atom is 0.254 e. The molecule has 4 rings (SSSR count). The van der Waals surface area contributed by atoms with Gasteiger partial charge >= 0.3 is 0 Å². The predicted molar refractivity (Wildman–Crippen MR) is 161 cm³/mol. The first kappa shape index (κ1) is 30.7. The third kappa shape index (κ3) is 7.72. The average Bonchev–Trinajstić information content (AvgIpc) is 3.50. The van der Waals surface area contributed by atoms with E-state index in [0.717, 1.165) is 16.3 Å². The molecule has 1 aliphatic heterocycles. The highest BCUT2D eigenvalue weighted by molar-refractivity contribution is 8.00. The van der Waals surface area contributed by atoms with Crippen LogP contribution in [-0.4, -0.2) is 75.2 Å². The number of benzene rings is 2. The van der Waals surface area contributed by atoms with Crippen molar-refractivity contribution in [2.24, 2.45) is 11.5 Å². The minimum absolute atomic E-state index is 0.115. The lowest BCUT2D eigenvalue weighted by Gasteiger charge is -2.25. The first-order valence-electron chi connectivity index (χ1n) is 13.1. The maximum absolute atomic E-state index is 13.5. The molecule has 1 fully saturated rings. The standard InChI is InChI=1S/C29H33N5O5S2/c1-40-16-22(31)28(37)34(26(36)11-10-21(30)18-6-3-2-4-7-18)29(38)23-17-41-27(33-23)24(35)15-39-25-9-5-8-19-14-32-13-12-20(19)25/h2-9,12-14,21-23,27,33H,10-11,15-17,30-31H2,1H3. The maximum atomic E-state index is 13.5. The largest absolute Gasteiger partial charge is 0.485 e. The van der Waals surface area contributed by atoms with Gasteiger partial charge in [0.25, 0.3) is 11.8 Å². The molecule has 0 spiro atoms. The van der Waals surface area contributed by atoms with E-state index in [1.165, 1.54) is 23.5 Å². The summed E-state index contributed by atoms with van der Waals surface area (Å²) in [6.45, 7) is -0.218. The van der Waals surface area contributed by atoms with Crippen LogP contribution in [0.2, 0.25) is 0 Å². The van der Waals surface area contributed by atoms with Crippen LogP contribution in [0.25, 0.3) is 10.8 Å². The molecule has 12 heteroatoms. The molecule has 4 unspecified atom stereocenters. The van der Waals surface area contributed by atoms with Crippen LogP contribution in [0.15, 0.2) is 67.0 Å². The van der Waals surface area contributed by atoms with Crippen molar-refractivity contribution < 1.29 is 23.9 Å². The Morgan fingerprint density at radius 2 is 1.90 bits per heavy atom. The zero-order valence-electron chi connectivity index (χ0n) is 22.6. The second-order valence-electron chi connectivity index (χ2n) is 9.56. The molecule has 3 amide bonds. The van der Waals surface area contributed by atoms with Crippen LogP contribution in [-0.2, 0) is 19.2 Å². The summed E-state index contributed by atoms with van der Waals surface area (Å²) in [6.07, 6.45) is 5.27. The molecule has 1 aliphatic rings. The molecule has 0 aliphatic carbocycles. The zero-order chi connectivity index (χ0) is 29.4. The molecule has 0 radical (unpaired) electrons. The number of ether oxygens (including phenoxy) is 1. The number of aromatic nitrogens is 1. The predicted octanol–water partition coefficient (Wildman–Crippen LogP) is 2.27. The lowest BCUT2D eigenvalue weighted by molar-refractivity contribution is -0.155. The molecule has 216 valence electrons. The van der Waals surface area contributed by atoms with Gasteiger partial charge in [0, 0.05) is 47.1 Å². The highest BCUT2D eigenvalue weighted by atomic mass is 32.2. The van der Waals surface area contributed by atoms with Crippen LogP contribution in [0.3, 0.4) is 0 Å². The van der Waals surface area contributed by atoms with Gasteiger partial charge in [0.05, 0.1) is 12.1 Å². The van der Waals surface area contributed by atoms with Gasteiger partial charge in [-0.3, -0.25) is 29.5 Å². The Kier molecular flexibility index (Phi) is 10.9. The Labute approximate surface area is 246 Å². The summed E-state index contributed by atoms with van der Waals surface area (Å²) in [6, 6.07) is 14.2. The first-order chi connectivity index (χ1) is 19.8. The Balaban J connectivity index is 1.39. The van der Waals surface area contributed by atoms with E-state index in [9.17, 15) is 19.2 Å². The van der Waals surface area contributed by atoms with Crippen LogP contribution < -0.4 is 21.5 Å². The minimum atomic E-state index is -1.03. The molecule has 2 heterocycles. The second-order valence-corrected chi connectivity index (χ2v) is 11.6. The van der Waals surface area contributed by atoms with Crippen molar-refractivity contribution in [1.29, 1.82) is 0 Å². The number of Topliss-reactive ketones (excluding diaryl/α,β-unsaturated/α-hetero) is 1. The number of amides is 3. The van der Waals surface area contributed by atoms with Gasteiger partial charge in [0.1, 0.15) is 17.7 Å². The van der Waals surface area contributed by atoms with Crippen molar-refractivity contribution in [3.63, 3.8) is 0 Å². The van der Waals surface area contributed by atoms with Gasteiger partial charge in [0.15, 0.2) is 5.78 Å². The van der Waals surface area contributed by atoms with Crippen LogP contribution in [0.4, 0.5) is 0 Å². The van der Waals surface area contributed by atoms with Crippen LogP contribution in [0, 0.1) is 0 Å². The number of carbonyl (C=O) groups is 4. The number of thioether (sulfide) groups is 2. The van der Waals surface area contributed by atoms with Crippen LogP contribution in [0.1, 0.15) is 24.4 Å². The fourth-order valence-electron chi connectivity index (χ4n) is 4.43. The van der Waals surface area contributed by atoms with E-state index in [0.29, 0.717) is 10.6 Å². The molecule has 1 aromatic heterocycles. The molecule has 5 N–H and O–H groups in total. The lowest BCUT2D eigenvalue weighted by atomic mass is 10.0. The van der Waals surface area contributed by atoms with Gasteiger partial charge in [-0.2, -0.15) is 11.8 Å². The Morgan fingerprint density at radius 3 is 2.66 bits per heavy atom. The van der Waals surface area contributed by atoms with Gasteiger partial charge in [-0.1, -0.05) is 42.5 Å². The van der Waals surface area contributed by atoms with E-state index in [2.05, 4.69) is 10.3 Å².